The normalized spacial score (nSPS) is 11.5. The minimum atomic E-state index is -5.33. The van der Waals surface area contributed by atoms with Gasteiger partial charge in [0.15, 0.2) is 5.82 Å². The molecule has 27 heavy (non-hydrogen) atoms. The van der Waals surface area contributed by atoms with E-state index in [0.717, 1.165) is 12.3 Å². The fourth-order valence-corrected chi connectivity index (χ4v) is 2.46. The first-order valence-electron chi connectivity index (χ1n) is 7.73. The number of esters is 1. The fourth-order valence-electron chi connectivity index (χ4n) is 2.46. The van der Waals surface area contributed by atoms with E-state index in [-0.39, 0.29) is 18.7 Å². The number of hydrogen-bond acceptors (Lipinski definition) is 5. The predicted octanol–water partition coefficient (Wildman–Crippen LogP) is 2.42. The maximum absolute atomic E-state index is 14.4. The van der Waals surface area contributed by atoms with E-state index in [0.29, 0.717) is 0 Å². The maximum Gasteiger partial charge on any atom is 0.471 e. The third kappa shape index (κ3) is 3.71. The van der Waals surface area contributed by atoms with Crippen molar-refractivity contribution in [1.29, 1.82) is 0 Å². The lowest BCUT2D eigenvalue weighted by Gasteiger charge is -2.17. The van der Waals surface area contributed by atoms with Crippen LogP contribution in [0.4, 0.5) is 28.9 Å². The molecule has 2 aromatic rings. The lowest BCUT2D eigenvalue weighted by atomic mass is 10.1. The van der Waals surface area contributed by atoms with Gasteiger partial charge in [0.25, 0.3) is 0 Å². The molecule has 0 saturated carbocycles. The van der Waals surface area contributed by atoms with Crippen molar-refractivity contribution in [2.75, 3.05) is 17.7 Å². The minimum absolute atomic E-state index is 0.0491. The van der Waals surface area contributed by atoms with Crippen molar-refractivity contribution < 1.29 is 31.9 Å². The van der Waals surface area contributed by atoms with Crippen LogP contribution in [0.5, 0.6) is 0 Å². The molecule has 0 bridgehead atoms. The number of nitrogen functional groups attached to an aromatic ring is 1. The molecule has 2 rings (SSSR count). The Morgan fingerprint density at radius 1 is 1.30 bits per heavy atom. The molecule has 1 aromatic carbocycles. The number of aryl methyl sites for hydroxylation is 1. The van der Waals surface area contributed by atoms with Crippen molar-refractivity contribution in [3.05, 3.63) is 33.9 Å². The second-order valence-electron chi connectivity index (χ2n) is 5.38. The van der Waals surface area contributed by atoms with E-state index in [1.807, 2.05) is 0 Å². The molecule has 1 aromatic heterocycles. The highest BCUT2D eigenvalue weighted by molar-refractivity contribution is 6.06. The van der Waals surface area contributed by atoms with Gasteiger partial charge in [0.05, 0.1) is 28.9 Å². The second kappa shape index (κ2) is 7.25. The molecular weight excluding hydrogens is 374 g/mol. The summed E-state index contributed by atoms with van der Waals surface area (Å²) in [4.78, 5) is 36.0. The van der Waals surface area contributed by atoms with Crippen molar-refractivity contribution in [3.63, 3.8) is 0 Å². The zero-order valence-corrected chi connectivity index (χ0v) is 14.2. The lowest BCUT2D eigenvalue weighted by Crippen LogP contribution is -2.31. The number of rotatable bonds is 4. The van der Waals surface area contributed by atoms with Gasteiger partial charge in [0.1, 0.15) is 5.56 Å². The van der Waals surface area contributed by atoms with Gasteiger partial charge < -0.3 is 20.4 Å². The van der Waals surface area contributed by atoms with E-state index in [1.165, 1.54) is 16.8 Å². The summed E-state index contributed by atoms with van der Waals surface area (Å²) in [5.74, 6) is -4.94. The summed E-state index contributed by atoms with van der Waals surface area (Å²) in [7, 11) is 0. The van der Waals surface area contributed by atoms with Crippen molar-refractivity contribution in [2.45, 2.75) is 26.6 Å². The van der Waals surface area contributed by atoms with Gasteiger partial charge in [-0.15, -0.1) is 0 Å². The van der Waals surface area contributed by atoms with Crippen molar-refractivity contribution in [3.8, 4) is 0 Å². The number of nitrogens with one attached hydrogen (secondary N) is 1. The standard InChI is InChI=1S/C16H15F4N3O4/c1-3-23-6-7(14(25)27-4-2)13(24)10-9(23)5-8(21)11(17)12(10)22-15(26)16(18,19)20/h5-6H,3-4,21H2,1-2H3,(H,22,26). The van der Waals surface area contributed by atoms with Crippen LogP contribution in [0.15, 0.2) is 17.1 Å². The Morgan fingerprint density at radius 3 is 2.44 bits per heavy atom. The smallest absolute Gasteiger partial charge is 0.462 e. The summed E-state index contributed by atoms with van der Waals surface area (Å²) in [6, 6.07) is 1.04. The summed E-state index contributed by atoms with van der Waals surface area (Å²) in [5, 5.41) is 0.721. The van der Waals surface area contributed by atoms with Gasteiger partial charge in [0.2, 0.25) is 5.43 Å². The number of nitrogens with two attached hydrogens (primary N) is 1. The summed E-state index contributed by atoms with van der Waals surface area (Å²) in [6.07, 6.45) is -4.19. The highest BCUT2D eigenvalue weighted by Gasteiger charge is 2.40. The number of alkyl halides is 3. The number of carbonyl (C=O) groups is 2. The van der Waals surface area contributed by atoms with Crippen LogP contribution < -0.4 is 16.5 Å². The Hall–Kier alpha value is -3.11. The monoisotopic (exact) mass is 389 g/mol. The average molecular weight is 389 g/mol. The third-order valence-corrected chi connectivity index (χ3v) is 3.67. The summed E-state index contributed by atoms with van der Waals surface area (Å²) >= 11 is 0. The molecule has 146 valence electrons. The molecule has 0 aliphatic carbocycles. The Labute approximate surface area is 149 Å². The SMILES string of the molecule is CCOC(=O)c1cn(CC)c2cc(N)c(F)c(NC(=O)C(F)(F)F)c2c1=O. The quantitative estimate of drug-likeness (QED) is 0.475. The largest absolute Gasteiger partial charge is 0.471 e. The molecule has 0 atom stereocenters. The molecular formula is C16H15F4N3O4. The molecule has 0 saturated heterocycles. The third-order valence-electron chi connectivity index (χ3n) is 3.67. The van der Waals surface area contributed by atoms with Gasteiger partial charge in [-0.25, -0.2) is 9.18 Å². The number of amides is 1. The van der Waals surface area contributed by atoms with E-state index in [2.05, 4.69) is 0 Å². The van der Waals surface area contributed by atoms with E-state index in [1.54, 1.807) is 6.92 Å². The lowest BCUT2D eigenvalue weighted by molar-refractivity contribution is -0.167. The number of hydrogen-bond donors (Lipinski definition) is 2. The molecule has 1 amide bonds. The van der Waals surface area contributed by atoms with E-state index < -0.39 is 51.6 Å². The van der Waals surface area contributed by atoms with E-state index in [9.17, 15) is 31.9 Å². The molecule has 0 radical (unpaired) electrons. The van der Waals surface area contributed by atoms with Crippen LogP contribution in [0.2, 0.25) is 0 Å². The second-order valence-corrected chi connectivity index (χ2v) is 5.38. The molecule has 11 heteroatoms. The number of fused-ring (bicyclic) bond motifs is 1. The molecule has 0 aliphatic rings. The zero-order chi connectivity index (χ0) is 20.5. The molecule has 0 unspecified atom stereocenters. The number of ether oxygens (including phenoxy) is 1. The number of aromatic nitrogens is 1. The Kier molecular flexibility index (Phi) is 5.43. The highest BCUT2D eigenvalue weighted by Crippen LogP contribution is 2.31. The van der Waals surface area contributed by atoms with Crippen molar-refractivity contribution >= 4 is 34.2 Å². The van der Waals surface area contributed by atoms with Gasteiger partial charge in [0, 0.05) is 12.7 Å². The van der Waals surface area contributed by atoms with Crippen LogP contribution in [0.1, 0.15) is 24.2 Å². The first-order valence-corrected chi connectivity index (χ1v) is 7.73. The molecule has 0 fully saturated rings. The zero-order valence-electron chi connectivity index (χ0n) is 14.2. The van der Waals surface area contributed by atoms with Crippen LogP contribution in [0, 0.1) is 5.82 Å². The Bertz CT molecular complexity index is 983. The number of nitrogens with zero attached hydrogens (tertiary/aromatic N) is 1. The number of pyridine rings is 1. The van der Waals surface area contributed by atoms with Crippen LogP contribution in [-0.2, 0) is 16.1 Å². The van der Waals surface area contributed by atoms with E-state index >= 15 is 0 Å². The Balaban J connectivity index is 2.90. The van der Waals surface area contributed by atoms with Gasteiger partial charge in [-0.3, -0.25) is 9.59 Å². The van der Waals surface area contributed by atoms with Gasteiger partial charge in [-0.05, 0) is 19.9 Å². The van der Waals surface area contributed by atoms with Crippen LogP contribution >= 0.6 is 0 Å². The molecule has 7 nitrogen and oxygen atoms in total. The topological polar surface area (TPSA) is 103 Å². The molecule has 0 spiro atoms. The molecule has 0 aliphatic heterocycles. The Morgan fingerprint density at radius 2 is 1.93 bits per heavy atom. The highest BCUT2D eigenvalue weighted by atomic mass is 19.4. The molecule has 3 N–H and O–H groups in total. The number of anilines is 2. The number of halogens is 4. The first kappa shape index (κ1) is 20.2. The van der Waals surface area contributed by atoms with Crippen molar-refractivity contribution in [1.82, 2.24) is 4.57 Å². The average Bonchev–Trinajstić information content (AvgIpc) is 2.58. The summed E-state index contributed by atoms with van der Waals surface area (Å²) < 4.78 is 58.3. The van der Waals surface area contributed by atoms with Gasteiger partial charge in [-0.2, -0.15) is 13.2 Å². The summed E-state index contributed by atoms with van der Waals surface area (Å²) in [6.45, 7) is 3.22. The van der Waals surface area contributed by atoms with Gasteiger partial charge >= 0.3 is 18.1 Å². The van der Waals surface area contributed by atoms with E-state index in [4.69, 9.17) is 10.5 Å². The number of benzene rings is 1. The van der Waals surface area contributed by atoms with Gasteiger partial charge in [-0.1, -0.05) is 0 Å². The van der Waals surface area contributed by atoms with Crippen LogP contribution in [-0.4, -0.2) is 29.2 Å². The van der Waals surface area contributed by atoms with Crippen molar-refractivity contribution in [2.24, 2.45) is 0 Å². The maximum atomic E-state index is 14.4. The van der Waals surface area contributed by atoms with Crippen LogP contribution in [0.3, 0.4) is 0 Å². The van der Waals surface area contributed by atoms with Crippen LogP contribution in [0.25, 0.3) is 10.9 Å². The minimum Gasteiger partial charge on any atom is -0.462 e. The predicted molar refractivity (Wildman–Crippen MR) is 88.9 cm³/mol. The fraction of sp³-hybridized carbons (Fsp3) is 0.312. The summed E-state index contributed by atoms with van der Waals surface area (Å²) in [5.41, 5.74) is 2.19. The molecule has 1 heterocycles. The first-order chi connectivity index (χ1) is 12.5. The number of carbonyl (C=O) groups excluding carboxylic acids is 2.